The van der Waals surface area contributed by atoms with Gasteiger partial charge in [0.15, 0.2) is 5.65 Å². The molecule has 0 aliphatic carbocycles. The van der Waals surface area contributed by atoms with E-state index >= 15 is 0 Å². The SMILES string of the molecule is O=C(c1cccc(F)c1-n1cnc2cccnc21)N(Cc1ccccc1)C(F)(F)F. The molecule has 0 unspecified atom stereocenters. The summed E-state index contributed by atoms with van der Waals surface area (Å²) in [4.78, 5) is 20.9. The van der Waals surface area contributed by atoms with E-state index in [0.717, 1.165) is 12.1 Å². The second kappa shape index (κ2) is 7.58. The molecule has 2 heterocycles. The topological polar surface area (TPSA) is 51.0 Å². The standard InChI is InChI=1S/C21H14F4N4O/c22-16-9-4-8-15(18(16)28-13-27-17-10-5-11-26-19(17)28)20(30)29(21(23,24)25)12-14-6-2-1-3-7-14/h1-11,13H,12H2. The monoisotopic (exact) mass is 414 g/mol. The van der Waals surface area contributed by atoms with Crippen LogP contribution in [0, 0.1) is 5.82 Å². The zero-order valence-electron chi connectivity index (χ0n) is 15.3. The van der Waals surface area contributed by atoms with Gasteiger partial charge < -0.3 is 0 Å². The molecular formula is C21H14F4N4O. The van der Waals surface area contributed by atoms with Crippen LogP contribution >= 0.6 is 0 Å². The fraction of sp³-hybridized carbons (Fsp3) is 0.0952. The lowest BCUT2D eigenvalue weighted by atomic mass is 10.1. The van der Waals surface area contributed by atoms with Gasteiger partial charge in [-0.1, -0.05) is 36.4 Å². The molecular weight excluding hydrogens is 400 g/mol. The van der Waals surface area contributed by atoms with Crippen LogP contribution in [0.1, 0.15) is 15.9 Å². The average molecular weight is 414 g/mol. The zero-order chi connectivity index (χ0) is 21.3. The van der Waals surface area contributed by atoms with Crippen LogP contribution < -0.4 is 0 Å². The van der Waals surface area contributed by atoms with E-state index in [4.69, 9.17) is 0 Å². The third-order valence-corrected chi connectivity index (χ3v) is 4.50. The van der Waals surface area contributed by atoms with E-state index in [-0.39, 0.29) is 21.8 Å². The normalized spacial score (nSPS) is 11.6. The summed E-state index contributed by atoms with van der Waals surface area (Å²) >= 11 is 0. The third kappa shape index (κ3) is 3.61. The van der Waals surface area contributed by atoms with Gasteiger partial charge in [0.1, 0.15) is 17.7 Å². The summed E-state index contributed by atoms with van der Waals surface area (Å²) in [5, 5.41) is 0. The van der Waals surface area contributed by atoms with Crippen molar-refractivity contribution < 1.29 is 22.4 Å². The van der Waals surface area contributed by atoms with Gasteiger partial charge in [-0.05, 0) is 29.8 Å². The number of pyridine rings is 1. The van der Waals surface area contributed by atoms with Crippen LogP contribution in [0.4, 0.5) is 17.6 Å². The number of carbonyl (C=O) groups excluding carboxylic acids is 1. The zero-order valence-corrected chi connectivity index (χ0v) is 15.3. The van der Waals surface area contributed by atoms with Crippen molar-refractivity contribution in [2.24, 2.45) is 0 Å². The van der Waals surface area contributed by atoms with Gasteiger partial charge in [0.2, 0.25) is 0 Å². The number of benzene rings is 2. The Labute approximate surface area is 168 Å². The van der Waals surface area contributed by atoms with Crippen LogP contribution in [-0.4, -0.2) is 31.6 Å². The van der Waals surface area contributed by atoms with Crippen molar-refractivity contribution >= 4 is 17.1 Å². The number of aromatic nitrogens is 3. The highest BCUT2D eigenvalue weighted by Crippen LogP contribution is 2.30. The lowest BCUT2D eigenvalue weighted by Crippen LogP contribution is -2.42. The molecule has 0 fully saturated rings. The quantitative estimate of drug-likeness (QED) is 0.359. The predicted octanol–water partition coefficient (Wildman–Crippen LogP) is 4.72. The summed E-state index contributed by atoms with van der Waals surface area (Å²) in [6.07, 6.45) is -2.30. The fourth-order valence-corrected chi connectivity index (χ4v) is 3.13. The maximum atomic E-state index is 14.8. The molecule has 9 heteroatoms. The van der Waals surface area contributed by atoms with E-state index in [1.54, 1.807) is 30.3 Å². The molecule has 2 aromatic heterocycles. The van der Waals surface area contributed by atoms with Gasteiger partial charge in [-0.3, -0.25) is 9.36 Å². The van der Waals surface area contributed by atoms with Crippen molar-refractivity contribution in [3.8, 4) is 5.69 Å². The highest BCUT2D eigenvalue weighted by molar-refractivity contribution is 5.98. The minimum Gasteiger partial charge on any atom is -0.280 e. The van der Waals surface area contributed by atoms with E-state index in [2.05, 4.69) is 9.97 Å². The van der Waals surface area contributed by atoms with Crippen molar-refractivity contribution in [3.63, 3.8) is 0 Å². The Kier molecular flexibility index (Phi) is 4.94. The molecule has 0 atom stereocenters. The molecule has 0 N–H and O–H groups in total. The predicted molar refractivity (Wildman–Crippen MR) is 101 cm³/mol. The molecule has 4 rings (SSSR count). The summed E-state index contributed by atoms with van der Waals surface area (Å²) in [5.74, 6) is -2.24. The van der Waals surface area contributed by atoms with Crippen LogP contribution in [0.2, 0.25) is 0 Å². The molecule has 5 nitrogen and oxygen atoms in total. The maximum Gasteiger partial charge on any atom is 0.487 e. The molecule has 152 valence electrons. The molecule has 30 heavy (non-hydrogen) atoms. The fourth-order valence-electron chi connectivity index (χ4n) is 3.13. The van der Waals surface area contributed by atoms with Crippen LogP contribution in [0.25, 0.3) is 16.9 Å². The first-order valence-corrected chi connectivity index (χ1v) is 8.86. The van der Waals surface area contributed by atoms with Gasteiger partial charge in [0.25, 0.3) is 5.91 Å². The van der Waals surface area contributed by atoms with E-state index in [1.807, 2.05) is 0 Å². The van der Waals surface area contributed by atoms with Crippen LogP contribution in [0.5, 0.6) is 0 Å². The number of para-hydroxylation sites is 1. The van der Waals surface area contributed by atoms with Gasteiger partial charge in [0, 0.05) is 6.20 Å². The molecule has 0 aliphatic rings. The van der Waals surface area contributed by atoms with E-state index < -0.39 is 30.1 Å². The van der Waals surface area contributed by atoms with Gasteiger partial charge in [-0.15, -0.1) is 13.2 Å². The van der Waals surface area contributed by atoms with Crippen LogP contribution in [0.15, 0.2) is 73.2 Å². The van der Waals surface area contributed by atoms with Gasteiger partial charge >= 0.3 is 6.30 Å². The van der Waals surface area contributed by atoms with E-state index in [1.165, 1.54) is 35.3 Å². The third-order valence-electron chi connectivity index (χ3n) is 4.50. The first-order chi connectivity index (χ1) is 14.4. The molecule has 0 spiro atoms. The van der Waals surface area contributed by atoms with Crippen LogP contribution in [0.3, 0.4) is 0 Å². The van der Waals surface area contributed by atoms with Crippen molar-refractivity contribution in [3.05, 3.63) is 90.1 Å². The minimum absolute atomic E-state index is 0.221. The number of halogens is 4. The highest BCUT2D eigenvalue weighted by atomic mass is 19.4. The summed E-state index contributed by atoms with van der Waals surface area (Å²) in [7, 11) is 0. The Morgan fingerprint density at radius 3 is 2.47 bits per heavy atom. The Morgan fingerprint density at radius 1 is 0.967 bits per heavy atom. The van der Waals surface area contributed by atoms with E-state index in [9.17, 15) is 22.4 Å². The van der Waals surface area contributed by atoms with E-state index in [0.29, 0.717) is 5.52 Å². The van der Waals surface area contributed by atoms with Crippen molar-refractivity contribution in [2.75, 3.05) is 0 Å². The van der Waals surface area contributed by atoms with Gasteiger partial charge in [-0.2, -0.15) is 0 Å². The molecule has 0 aliphatic heterocycles. The largest absolute Gasteiger partial charge is 0.487 e. The second-order valence-corrected chi connectivity index (χ2v) is 6.44. The smallest absolute Gasteiger partial charge is 0.280 e. The summed E-state index contributed by atoms with van der Waals surface area (Å²) in [6.45, 7) is -0.706. The van der Waals surface area contributed by atoms with Crippen molar-refractivity contribution in [1.82, 2.24) is 19.4 Å². The number of hydrogen-bond donors (Lipinski definition) is 0. The molecule has 2 aromatic carbocycles. The first-order valence-electron chi connectivity index (χ1n) is 8.86. The molecule has 4 aromatic rings. The molecule has 0 saturated heterocycles. The number of hydrogen-bond acceptors (Lipinski definition) is 3. The van der Waals surface area contributed by atoms with Gasteiger partial charge in [0.05, 0.1) is 17.8 Å². The number of nitrogens with zero attached hydrogens (tertiary/aromatic N) is 4. The lowest BCUT2D eigenvalue weighted by molar-refractivity contribution is -0.227. The van der Waals surface area contributed by atoms with Crippen LogP contribution in [-0.2, 0) is 6.54 Å². The van der Waals surface area contributed by atoms with Crippen molar-refractivity contribution in [1.29, 1.82) is 0 Å². The number of amides is 1. The highest BCUT2D eigenvalue weighted by Gasteiger charge is 2.42. The molecule has 0 bridgehead atoms. The number of alkyl halides is 3. The summed E-state index contributed by atoms with van der Waals surface area (Å²) in [6, 6.07) is 14.4. The van der Waals surface area contributed by atoms with Gasteiger partial charge in [-0.25, -0.2) is 19.3 Å². The number of fused-ring (bicyclic) bond motifs is 1. The lowest BCUT2D eigenvalue weighted by Gasteiger charge is -2.26. The minimum atomic E-state index is -4.97. The molecule has 0 saturated carbocycles. The Bertz CT molecular complexity index is 1200. The number of carbonyl (C=O) groups is 1. The molecule has 0 radical (unpaired) electrons. The maximum absolute atomic E-state index is 14.8. The number of imidazole rings is 1. The number of rotatable bonds is 4. The Balaban J connectivity index is 1.83. The second-order valence-electron chi connectivity index (χ2n) is 6.44. The Hall–Kier alpha value is -3.75. The summed E-state index contributed by atoms with van der Waals surface area (Å²) in [5.41, 5.74) is 0.129. The molecule has 1 amide bonds. The summed E-state index contributed by atoms with van der Waals surface area (Å²) < 4.78 is 57.2. The van der Waals surface area contributed by atoms with Crippen molar-refractivity contribution in [2.45, 2.75) is 12.8 Å². The average Bonchev–Trinajstić information content (AvgIpc) is 3.15. The first kappa shape index (κ1) is 19.6. The Morgan fingerprint density at radius 2 is 1.73 bits per heavy atom.